The third kappa shape index (κ3) is 6.65. The first-order valence-corrected chi connectivity index (χ1v) is 16.8. The highest BCUT2D eigenvalue weighted by molar-refractivity contribution is 7.92. The number of hydrogen-bond acceptors (Lipinski definition) is 10. The van der Waals surface area contributed by atoms with Crippen molar-refractivity contribution in [2.24, 2.45) is 0 Å². The Morgan fingerprint density at radius 1 is 1.00 bits per heavy atom. The van der Waals surface area contributed by atoms with Crippen LogP contribution in [0.5, 0.6) is 11.5 Å². The van der Waals surface area contributed by atoms with Gasteiger partial charge < -0.3 is 30.2 Å². The number of pyridine rings is 1. The Kier molecular flexibility index (Phi) is 9.94. The summed E-state index contributed by atoms with van der Waals surface area (Å²) in [5, 5.41) is 6.50. The van der Waals surface area contributed by atoms with Crippen LogP contribution < -0.4 is 25.8 Å². The summed E-state index contributed by atoms with van der Waals surface area (Å²) in [4.78, 5) is 32.5. The molecule has 12 nitrogen and oxygen atoms in total. The van der Waals surface area contributed by atoms with E-state index >= 15 is 4.39 Å². The standard InChI is InChI=1S/C34H38FN5O7S/c1-19(2)48(43,44)30-11-9-22(39-34(42)47-5)16-25(30)27-7-6-14-40(27)33(41)31(24-17-28(45-3)29(46-4)18-26(24)35)38-21-8-10-23-20(15-21)12-13-37-32(23)36/h8-13,15-19,27,31,38H,6-7,14H2,1-5H3,(H2,36,37)(H,39,42)/t27-,31-/m1/s1. The monoisotopic (exact) mass is 679 g/mol. The number of halogens is 1. The molecule has 2 heterocycles. The molecule has 14 heteroatoms. The average molecular weight is 680 g/mol. The molecule has 0 unspecified atom stereocenters. The van der Waals surface area contributed by atoms with Crippen LogP contribution in [-0.2, 0) is 19.4 Å². The molecule has 1 aromatic heterocycles. The summed E-state index contributed by atoms with van der Waals surface area (Å²) in [6.07, 6.45) is 1.81. The van der Waals surface area contributed by atoms with E-state index < -0.39 is 45.0 Å². The minimum atomic E-state index is -3.82. The van der Waals surface area contributed by atoms with Crippen molar-refractivity contribution in [2.75, 3.05) is 44.2 Å². The Bertz CT molecular complexity index is 1970. The van der Waals surface area contributed by atoms with Crippen molar-refractivity contribution in [1.82, 2.24) is 9.88 Å². The van der Waals surface area contributed by atoms with Crippen molar-refractivity contribution in [2.45, 2.75) is 48.9 Å². The second-order valence-corrected chi connectivity index (χ2v) is 14.1. The molecule has 4 aromatic rings. The van der Waals surface area contributed by atoms with Crippen molar-refractivity contribution in [3.63, 3.8) is 0 Å². The number of carbonyl (C=O) groups excluding carboxylic acids is 2. The molecule has 254 valence electrons. The number of ether oxygens (including phenoxy) is 3. The van der Waals surface area contributed by atoms with Crippen molar-refractivity contribution in [1.29, 1.82) is 0 Å². The second-order valence-electron chi connectivity index (χ2n) is 11.6. The van der Waals surface area contributed by atoms with Crippen LogP contribution >= 0.6 is 0 Å². The number of anilines is 3. The topological polar surface area (TPSA) is 162 Å². The normalized spacial score (nSPS) is 15.3. The smallest absolute Gasteiger partial charge is 0.411 e. The summed E-state index contributed by atoms with van der Waals surface area (Å²) in [5.41, 5.74) is 7.18. The van der Waals surface area contributed by atoms with E-state index in [-0.39, 0.29) is 28.5 Å². The number of amides is 2. The number of nitrogens with two attached hydrogens (primary N) is 1. The van der Waals surface area contributed by atoms with Gasteiger partial charge in [0.05, 0.1) is 37.5 Å². The van der Waals surface area contributed by atoms with E-state index in [1.807, 2.05) is 0 Å². The fourth-order valence-corrected chi connectivity index (χ4v) is 7.20. The van der Waals surface area contributed by atoms with E-state index in [0.29, 0.717) is 41.0 Å². The first-order chi connectivity index (χ1) is 22.9. The first-order valence-electron chi connectivity index (χ1n) is 15.2. The summed E-state index contributed by atoms with van der Waals surface area (Å²) in [7, 11) is 0.192. The van der Waals surface area contributed by atoms with Crippen LogP contribution in [0.1, 0.15) is 49.9 Å². The van der Waals surface area contributed by atoms with Crippen LogP contribution in [0.3, 0.4) is 0 Å². The number of sulfone groups is 1. The van der Waals surface area contributed by atoms with Crippen LogP contribution in [-0.4, -0.2) is 63.4 Å². The van der Waals surface area contributed by atoms with Gasteiger partial charge in [0.2, 0.25) is 5.91 Å². The van der Waals surface area contributed by atoms with Gasteiger partial charge in [0, 0.05) is 41.1 Å². The molecular weight excluding hydrogens is 641 g/mol. The summed E-state index contributed by atoms with van der Waals surface area (Å²) in [5.74, 6) is -0.506. The Morgan fingerprint density at radius 2 is 1.71 bits per heavy atom. The Labute approximate surface area is 278 Å². The summed E-state index contributed by atoms with van der Waals surface area (Å²) < 4.78 is 58.5. The maximum atomic E-state index is 15.9. The Hall–Kier alpha value is -5.11. The molecule has 4 N–H and O–H groups in total. The number of nitrogens with zero attached hydrogens (tertiary/aromatic N) is 2. The number of benzene rings is 3. The fourth-order valence-electron chi connectivity index (χ4n) is 5.91. The lowest BCUT2D eigenvalue weighted by Crippen LogP contribution is -2.38. The highest BCUT2D eigenvalue weighted by Gasteiger charge is 2.39. The number of likely N-dealkylation sites (tertiary alicyclic amines) is 1. The quantitative estimate of drug-likeness (QED) is 0.185. The number of aromatic nitrogens is 1. The SMILES string of the molecule is COC(=O)Nc1ccc(S(=O)(=O)C(C)C)c([C@H]2CCCN2C(=O)[C@H](Nc2ccc3c(N)nccc3c2)c2cc(OC)c(OC)cc2F)c1. The minimum Gasteiger partial charge on any atom is -0.493 e. The van der Waals surface area contributed by atoms with Gasteiger partial charge in [0.15, 0.2) is 21.3 Å². The zero-order valence-electron chi connectivity index (χ0n) is 27.2. The predicted octanol–water partition coefficient (Wildman–Crippen LogP) is 5.85. The van der Waals surface area contributed by atoms with Gasteiger partial charge in [-0.1, -0.05) is 0 Å². The third-order valence-electron chi connectivity index (χ3n) is 8.43. The predicted molar refractivity (Wildman–Crippen MR) is 181 cm³/mol. The van der Waals surface area contributed by atoms with Gasteiger partial charge in [0.25, 0.3) is 0 Å². The van der Waals surface area contributed by atoms with E-state index in [0.717, 1.165) is 11.5 Å². The largest absolute Gasteiger partial charge is 0.493 e. The van der Waals surface area contributed by atoms with Gasteiger partial charge >= 0.3 is 6.09 Å². The number of hydrogen-bond donors (Lipinski definition) is 3. The summed E-state index contributed by atoms with van der Waals surface area (Å²) in [6, 6.07) is 12.1. The third-order valence-corrected chi connectivity index (χ3v) is 10.7. The van der Waals surface area contributed by atoms with E-state index in [4.69, 9.17) is 19.9 Å². The lowest BCUT2D eigenvalue weighted by molar-refractivity contribution is -0.133. The Balaban J connectivity index is 1.63. The van der Waals surface area contributed by atoms with Gasteiger partial charge in [-0.15, -0.1) is 0 Å². The zero-order valence-corrected chi connectivity index (χ0v) is 28.1. The minimum absolute atomic E-state index is 0.00577. The molecule has 0 spiro atoms. The highest BCUT2D eigenvalue weighted by atomic mass is 32.2. The zero-order chi connectivity index (χ0) is 34.7. The average Bonchev–Trinajstić information content (AvgIpc) is 3.57. The van der Waals surface area contributed by atoms with Crippen LogP contribution in [0, 0.1) is 5.82 Å². The molecule has 1 aliphatic rings. The molecule has 3 aromatic carbocycles. The van der Waals surface area contributed by atoms with Crippen LogP contribution in [0.2, 0.25) is 0 Å². The maximum Gasteiger partial charge on any atom is 0.411 e. The maximum absolute atomic E-state index is 15.9. The molecule has 5 rings (SSSR count). The van der Waals surface area contributed by atoms with E-state index in [9.17, 15) is 18.0 Å². The molecule has 1 aliphatic heterocycles. The first kappa shape index (κ1) is 34.2. The number of methoxy groups -OCH3 is 3. The van der Waals surface area contributed by atoms with Crippen LogP contribution in [0.4, 0.5) is 26.4 Å². The molecule has 1 saturated heterocycles. The summed E-state index contributed by atoms with van der Waals surface area (Å²) in [6.45, 7) is 3.42. The molecule has 0 bridgehead atoms. The van der Waals surface area contributed by atoms with Crippen molar-refractivity contribution in [3.05, 3.63) is 77.7 Å². The van der Waals surface area contributed by atoms with Crippen LogP contribution in [0.15, 0.2) is 65.7 Å². The Morgan fingerprint density at radius 3 is 2.40 bits per heavy atom. The van der Waals surface area contributed by atoms with Gasteiger partial charge in [-0.3, -0.25) is 10.1 Å². The highest BCUT2D eigenvalue weighted by Crippen LogP contribution is 2.41. The van der Waals surface area contributed by atoms with Gasteiger partial charge in [-0.05, 0) is 86.2 Å². The van der Waals surface area contributed by atoms with Crippen molar-refractivity contribution < 1.29 is 36.6 Å². The fraction of sp³-hybridized carbons (Fsp3) is 0.324. The number of nitrogens with one attached hydrogen (secondary N) is 2. The number of fused-ring (bicyclic) bond motifs is 1. The molecule has 0 radical (unpaired) electrons. The molecule has 2 atom stereocenters. The molecule has 2 amide bonds. The second kappa shape index (κ2) is 13.9. The number of nitrogen functional groups attached to an aromatic ring is 1. The van der Waals surface area contributed by atoms with E-state index in [1.54, 1.807) is 55.3 Å². The molecule has 1 fully saturated rings. The van der Waals surface area contributed by atoms with Crippen molar-refractivity contribution in [3.8, 4) is 11.5 Å². The van der Waals surface area contributed by atoms with Gasteiger partial charge in [0.1, 0.15) is 17.7 Å². The van der Waals surface area contributed by atoms with Crippen LogP contribution in [0.25, 0.3) is 10.8 Å². The van der Waals surface area contributed by atoms with E-state index in [1.165, 1.54) is 39.5 Å². The molecular formula is C34H38FN5O7S. The number of rotatable bonds is 10. The van der Waals surface area contributed by atoms with Gasteiger partial charge in [-0.2, -0.15) is 0 Å². The molecule has 0 aliphatic carbocycles. The molecule has 0 saturated carbocycles. The van der Waals surface area contributed by atoms with E-state index in [2.05, 4.69) is 15.6 Å². The molecule has 48 heavy (non-hydrogen) atoms. The lowest BCUT2D eigenvalue weighted by atomic mass is 10.00. The summed E-state index contributed by atoms with van der Waals surface area (Å²) >= 11 is 0. The van der Waals surface area contributed by atoms with Crippen molar-refractivity contribution >= 4 is 49.8 Å². The van der Waals surface area contributed by atoms with Gasteiger partial charge in [-0.25, -0.2) is 22.6 Å². The lowest BCUT2D eigenvalue weighted by Gasteiger charge is -2.32. The number of carbonyl (C=O) groups is 2.